The van der Waals surface area contributed by atoms with Crippen molar-refractivity contribution in [2.45, 2.75) is 38.5 Å². The number of nitrogens with one attached hydrogen (secondary N) is 1. The lowest BCUT2D eigenvalue weighted by atomic mass is 10.0. The van der Waals surface area contributed by atoms with Crippen LogP contribution in [-0.2, 0) is 6.42 Å². The Hall–Kier alpha value is -1.81. The van der Waals surface area contributed by atoms with Crippen LogP contribution in [0.2, 0.25) is 0 Å². The van der Waals surface area contributed by atoms with Gasteiger partial charge in [-0.3, -0.25) is 0 Å². The summed E-state index contributed by atoms with van der Waals surface area (Å²) in [5, 5.41) is 10.2. The Balaban J connectivity index is 1.56. The van der Waals surface area contributed by atoms with Crippen LogP contribution in [0.3, 0.4) is 0 Å². The van der Waals surface area contributed by atoms with E-state index >= 15 is 0 Å². The van der Waals surface area contributed by atoms with Crippen molar-refractivity contribution in [2.75, 3.05) is 19.6 Å². The van der Waals surface area contributed by atoms with Crippen molar-refractivity contribution < 1.29 is 9.90 Å². The number of H-pyrrole nitrogens is 1. The molecular formula is C18H24N2O2. The molecule has 0 radical (unpaired) electrons. The van der Waals surface area contributed by atoms with Crippen molar-refractivity contribution in [1.29, 1.82) is 0 Å². The standard InChI is InChI=1S/C18H24N2O2/c21-18(22)14-7-8-17-16(12-14)15(13-19-17)6-2-5-11-20-9-3-1-4-10-20/h7-8,12-13,19H,1-6,9-11H2,(H,21,22). The van der Waals surface area contributed by atoms with E-state index in [-0.39, 0.29) is 0 Å². The van der Waals surface area contributed by atoms with Gasteiger partial charge in [-0.25, -0.2) is 4.79 Å². The lowest BCUT2D eigenvalue weighted by molar-refractivity contribution is 0.0697. The van der Waals surface area contributed by atoms with Gasteiger partial charge in [0.15, 0.2) is 0 Å². The van der Waals surface area contributed by atoms with E-state index in [1.54, 1.807) is 12.1 Å². The van der Waals surface area contributed by atoms with Gasteiger partial charge in [-0.05, 0) is 75.5 Å². The minimum absolute atomic E-state index is 0.363. The minimum atomic E-state index is -0.862. The van der Waals surface area contributed by atoms with Gasteiger partial charge in [0.05, 0.1) is 5.56 Å². The van der Waals surface area contributed by atoms with Gasteiger partial charge in [0, 0.05) is 17.1 Å². The van der Waals surface area contributed by atoms with Crippen molar-refractivity contribution in [3.05, 3.63) is 35.5 Å². The molecule has 0 aliphatic carbocycles. The highest BCUT2D eigenvalue weighted by molar-refractivity contribution is 5.94. The molecule has 2 heterocycles. The quantitative estimate of drug-likeness (QED) is 0.800. The number of carbonyl (C=O) groups is 1. The van der Waals surface area contributed by atoms with Crippen LogP contribution in [0, 0.1) is 0 Å². The molecule has 3 rings (SSSR count). The summed E-state index contributed by atoms with van der Waals surface area (Å²) in [6.45, 7) is 3.72. The molecule has 0 bridgehead atoms. The summed E-state index contributed by atoms with van der Waals surface area (Å²) in [5.41, 5.74) is 2.62. The number of unbranched alkanes of at least 4 members (excludes halogenated alkanes) is 1. The Kier molecular flexibility index (Phi) is 4.78. The van der Waals surface area contributed by atoms with E-state index in [1.807, 2.05) is 12.3 Å². The van der Waals surface area contributed by atoms with Gasteiger partial charge in [0.25, 0.3) is 0 Å². The molecule has 2 N–H and O–H groups in total. The molecule has 1 aliphatic rings. The maximum Gasteiger partial charge on any atom is 0.335 e. The van der Waals surface area contributed by atoms with Crippen molar-refractivity contribution in [2.24, 2.45) is 0 Å². The Bertz CT molecular complexity index is 642. The third-order valence-corrected chi connectivity index (χ3v) is 4.63. The highest BCUT2D eigenvalue weighted by Gasteiger charge is 2.10. The van der Waals surface area contributed by atoms with Crippen molar-refractivity contribution in [3.8, 4) is 0 Å². The molecule has 1 fully saturated rings. The van der Waals surface area contributed by atoms with Crippen LogP contribution in [0.5, 0.6) is 0 Å². The Morgan fingerprint density at radius 1 is 1.18 bits per heavy atom. The predicted molar refractivity (Wildman–Crippen MR) is 88.5 cm³/mol. The largest absolute Gasteiger partial charge is 0.478 e. The third-order valence-electron chi connectivity index (χ3n) is 4.63. The number of carboxylic acids is 1. The van der Waals surface area contributed by atoms with Crippen LogP contribution in [-0.4, -0.2) is 40.6 Å². The second-order valence-corrected chi connectivity index (χ2v) is 6.24. The number of hydrogen-bond acceptors (Lipinski definition) is 2. The molecule has 1 aromatic heterocycles. The summed E-state index contributed by atoms with van der Waals surface area (Å²) >= 11 is 0. The molecule has 22 heavy (non-hydrogen) atoms. The van der Waals surface area contributed by atoms with E-state index < -0.39 is 5.97 Å². The highest BCUT2D eigenvalue weighted by Crippen LogP contribution is 2.22. The molecule has 2 aromatic rings. The molecule has 4 heteroatoms. The normalized spacial score (nSPS) is 16.2. The van der Waals surface area contributed by atoms with Crippen LogP contribution in [0.1, 0.15) is 48.0 Å². The number of fused-ring (bicyclic) bond motifs is 1. The van der Waals surface area contributed by atoms with Crippen molar-refractivity contribution >= 4 is 16.9 Å². The highest BCUT2D eigenvalue weighted by atomic mass is 16.4. The Morgan fingerprint density at radius 3 is 2.77 bits per heavy atom. The number of rotatable bonds is 6. The molecule has 4 nitrogen and oxygen atoms in total. The number of aromatic amines is 1. The summed E-state index contributed by atoms with van der Waals surface area (Å²) in [6, 6.07) is 5.30. The first-order valence-electron chi connectivity index (χ1n) is 8.30. The number of likely N-dealkylation sites (tertiary alicyclic amines) is 1. The fourth-order valence-electron chi connectivity index (χ4n) is 3.35. The van der Waals surface area contributed by atoms with Crippen molar-refractivity contribution in [1.82, 2.24) is 9.88 Å². The van der Waals surface area contributed by atoms with Crippen molar-refractivity contribution in [3.63, 3.8) is 0 Å². The van der Waals surface area contributed by atoms with Crippen LogP contribution in [0.4, 0.5) is 0 Å². The number of aromatic carboxylic acids is 1. The summed E-state index contributed by atoms with van der Waals surface area (Å²) in [4.78, 5) is 16.9. The molecule has 1 aliphatic heterocycles. The fourth-order valence-corrected chi connectivity index (χ4v) is 3.35. The number of carboxylic acid groups (broad SMARTS) is 1. The molecule has 0 amide bonds. The molecule has 0 unspecified atom stereocenters. The second kappa shape index (κ2) is 6.97. The smallest absolute Gasteiger partial charge is 0.335 e. The molecular weight excluding hydrogens is 276 g/mol. The first-order valence-corrected chi connectivity index (χ1v) is 8.30. The van der Waals surface area contributed by atoms with E-state index in [1.165, 1.54) is 50.9 Å². The lowest BCUT2D eigenvalue weighted by Gasteiger charge is -2.26. The molecule has 0 saturated carbocycles. The number of benzene rings is 1. The van der Waals surface area contributed by atoms with Gasteiger partial charge >= 0.3 is 5.97 Å². The van der Waals surface area contributed by atoms with Crippen LogP contribution < -0.4 is 0 Å². The number of aryl methyl sites for hydroxylation is 1. The fraction of sp³-hybridized carbons (Fsp3) is 0.500. The summed E-state index contributed by atoms with van der Waals surface area (Å²) in [7, 11) is 0. The zero-order chi connectivity index (χ0) is 15.4. The maximum absolute atomic E-state index is 11.1. The Morgan fingerprint density at radius 2 is 2.00 bits per heavy atom. The first kappa shape index (κ1) is 15.1. The molecule has 1 saturated heterocycles. The van der Waals surface area contributed by atoms with Crippen LogP contribution >= 0.6 is 0 Å². The average molecular weight is 300 g/mol. The topological polar surface area (TPSA) is 56.3 Å². The van der Waals surface area contributed by atoms with Crippen LogP contribution in [0.25, 0.3) is 10.9 Å². The van der Waals surface area contributed by atoms with Gasteiger partial charge in [-0.2, -0.15) is 0 Å². The SMILES string of the molecule is O=C(O)c1ccc2[nH]cc(CCCCN3CCCCC3)c2c1. The van der Waals surface area contributed by atoms with E-state index in [0.717, 1.165) is 23.7 Å². The monoisotopic (exact) mass is 300 g/mol. The molecule has 1 aromatic carbocycles. The van der Waals surface area contributed by atoms with E-state index in [2.05, 4.69) is 9.88 Å². The number of nitrogens with zero attached hydrogens (tertiary/aromatic N) is 1. The van der Waals surface area contributed by atoms with E-state index in [0.29, 0.717) is 5.56 Å². The lowest BCUT2D eigenvalue weighted by Crippen LogP contribution is -2.30. The van der Waals surface area contributed by atoms with Gasteiger partial charge in [0.2, 0.25) is 0 Å². The third kappa shape index (κ3) is 3.50. The van der Waals surface area contributed by atoms with Gasteiger partial charge in [0.1, 0.15) is 0 Å². The van der Waals surface area contributed by atoms with E-state index in [9.17, 15) is 4.79 Å². The minimum Gasteiger partial charge on any atom is -0.478 e. The van der Waals surface area contributed by atoms with E-state index in [4.69, 9.17) is 5.11 Å². The van der Waals surface area contributed by atoms with Gasteiger partial charge in [-0.1, -0.05) is 6.42 Å². The first-order chi connectivity index (χ1) is 10.7. The summed E-state index contributed by atoms with van der Waals surface area (Å²) in [5.74, 6) is -0.862. The summed E-state index contributed by atoms with van der Waals surface area (Å²) in [6.07, 6.45) is 9.48. The molecule has 0 spiro atoms. The average Bonchev–Trinajstić information content (AvgIpc) is 2.95. The second-order valence-electron chi connectivity index (χ2n) is 6.24. The molecule has 0 atom stereocenters. The molecule has 118 valence electrons. The van der Waals surface area contributed by atoms with Gasteiger partial charge in [-0.15, -0.1) is 0 Å². The maximum atomic E-state index is 11.1. The number of aromatic nitrogens is 1. The number of piperidine rings is 1. The Labute approximate surface area is 131 Å². The zero-order valence-electron chi connectivity index (χ0n) is 13.0. The van der Waals surface area contributed by atoms with Crippen LogP contribution in [0.15, 0.2) is 24.4 Å². The number of hydrogen-bond donors (Lipinski definition) is 2. The predicted octanol–water partition coefficient (Wildman–Crippen LogP) is 3.67. The zero-order valence-corrected chi connectivity index (χ0v) is 13.0. The van der Waals surface area contributed by atoms with Gasteiger partial charge < -0.3 is 15.0 Å². The summed E-state index contributed by atoms with van der Waals surface area (Å²) < 4.78 is 0.